The van der Waals surface area contributed by atoms with Crippen molar-refractivity contribution in [3.8, 4) is 0 Å². The number of urea groups is 1. The third-order valence-electron chi connectivity index (χ3n) is 4.95. The van der Waals surface area contributed by atoms with Gasteiger partial charge < -0.3 is 15.1 Å². The van der Waals surface area contributed by atoms with Crippen LogP contribution in [0.3, 0.4) is 0 Å². The Morgan fingerprint density at radius 2 is 2.00 bits per heavy atom. The van der Waals surface area contributed by atoms with Gasteiger partial charge in [-0.1, -0.05) is 29.0 Å². The molecule has 0 unspecified atom stereocenters. The molecule has 1 aliphatic rings. The molecule has 2 N–H and O–H groups in total. The minimum Gasteiger partial charge on any atom is -0.334 e. The number of aromatic nitrogens is 2. The van der Waals surface area contributed by atoms with E-state index in [1.807, 2.05) is 24.1 Å². The van der Waals surface area contributed by atoms with E-state index in [0.29, 0.717) is 5.13 Å². The standard InChI is InChI=1S/C20H24N6OS/c1-13-4-6-15(7-5-13)26(3)17-9-8-16-18(23-17)28-20(22-16)24-19(27)21-14-10-11-25(2)12-14/h4-9,14H,10-12H2,1-3H3,(H2,21,22,24,27)/t14-/m0/s1. The second-order valence-corrected chi connectivity index (χ2v) is 8.23. The number of fused-ring (bicyclic) bond motifs is 1. The summed E-state index contributed by atoms with van der Waals surface area (Å²) in [5.41, 5.74) is 3.07. The average Bonchev–Trinajstić information content (AvgIpc) is 3.26. The molecule has 7 nitrogen and oxygen atoms in total. The van der Waals surface area contributed by atoms with Gasteiger partial charge in [0.25, 0.3) is 0 Å². The van der Waals surface area contributed by atoms with Gasteiger partial charge in [-0.05, 0) is 51.2 Å². The molecule has 1 saturated heterocycles. The maximum absolute atomic E-state index is 12.2. The minimum atomic E-state index is -0.212. The van der Waals surface area contributed by atoms with Crippen LogP contribution in [-0.4, -0.2) is 54.1 Å². The van der Waals surface area contributed by atoms with E-state index in [4.69, 9.17) is 4.98 Å². The first-order valence-electron chi connectivity index (χ1n) is 9.32. The number of likely N-dealkylation sites (N-methyl/N-ethyl adjacent to an activating group) is 1. The summed E-state index contributed by atoms with van der Waals surface area (Å²) in [5, 5.41) is 6.41. The van der Waals surface area contributed by atoms with Crippen molar-refractivity contribution in [3.63, 3.8) is 0 Å². The van der Waals surface area contributed by atoms with Crippen molar-refractivity contribution in [1.82, 2.24) is 20.2 Å². The Morgan fingerprint density at radius 3 is 2.71 bits per heavy atom. The van der Waals surface area contributed by atoms with E-state index in [1.54, 1.807) is 0 Å². The Morgan fingerprint density at radius 1 is 1.21 bits per heavy atom. The maximum atomic E-state index is 12.2. The van der Waals surface area contributed by atoms with Crippen LogP contribution >= 0.6 is 11.3 Å². The molecular formula is C20H24N6OS. The molecule has 2 aromatic heterocycles. The molecule has 146 valence electrons. The maximum Gasteiger partial charge on any atom is 0.321 e. The second kappa shape index (κ2) is 7.73. The number of hydrogen-bond acceptors (Lipinski definition) is 6. The van der Waals surface area contributed by atoms with E-state index in [2.05, 4.69) is 58.8 Å². The SMILES string of the molecule is Cc1ccc(N(C)c2ccc3nc(NC(=O)N[C@H]4CCN(C)C4)sc3n2)cc1. The van der Waals surface area contributed by atoms with Gasteiger partial charge in [0.1, 0.15) is 16.2 Å². The number of nitrogens with one attached hydrogen (secondary N) is 2. The summed E-state index contributed by atoms with van der Waals surface area (Å²) < 4.78 is 0. The molecule has 28 heavy (non-hydrogen) atoms. The van der Waals surface area contributed by atoms with Gasteiger partial charge in [-0.15, -0.1) is 0 Å². The third-order valence-corrected chi connectivity index (χ3v) is 5.83. The molecule has 1 atom stereocenters. The smallest absolute Gasteiger partial charge is 0.321 e. The molecule has 0 spiro atoms. The number of pyridine rings is 1. The lowest BCUT2D eigenvalue weighted by atomic mass is 10.2. The predicted molar refractivity (Wildman–Crippen MR) is 115 cm³/mol. The molecule has 3 heterocycles. The molecule has 1 aliphatic heterocycles. The fourth-order valence-electron chi connectivity index (χ4n) is 3.32. The highest BCUT2D eigenvalue weighted by Gasteiger charge is 2.21. The summed E-state index contributed by atoms with van der Waals surface area (Å²) in [7, 11) is 4.05. The lowest BCUT2D eigenvalue weighted by molar-refractivity contribution is 0.248. The summed E-state index contributed by atoms with van der Waals surface area (Å²) in [6, 6.07) is 12.2. The van der Waals surface area contributed by atoms with Crippen LogP contribution in [0.4, 0.5) is 21.4 Å². The quantitative estimate of drug-likeness (QED) is 0.705. The topological polar surface area (TPSA) is 73.4 Å². The summed E-state index contributed by atoms with van der Waals surface area (Å²) in [5.74, 6) is 0.838. The van der Waals surface area contributed by atoms with Crippen molar-refractivity contribution >= 4 is 44.4 Å². The van der Waals surface area contributed by atoms with Gasteiger partial charge in [-0.2, -0.15) is 0 Å². The number of aryl methyl sites for hydroxylation is 1. The van der Waals surface area contributed by atoms with E-state index < -0.39 is 0 Å². The molecule has 0 saturated carbocycles. The van der Waals surface area contributed by atoms with Crippen LogP contribution in [0.1, 0.15) is 12.0 Å². The normalized spacial score (nSPS) is 17.0. The Hall–Kier alpha value is -2.71. The summed E-state index contributed by atoms with van der Waals surface area (Å²) in [6.07, 6.45) is 0.972. The first-order valence-corrected chi connectivity index (χ1v) is 10.1. The molecule has 1 aromatic carbocycles. The Kier molecular flexibility index (Phi) is 5.15. The number of likely N-dealkylation sites (tertiary alicyclic amines) is 1. The Labute approximate surface area is 168 Å². The zero-order valence-corrected chi connectivity index (χ0v) is 17.1. The van der Waals surface area contributed by atoms with Crippen LogP contribution in [0, 0.1) is 6.92 Å². The molecule has 3 aromatic rings. The van der Waals surface area contributed by atoms with Crippen LogP contribution in [0.5, 0.6) is 0 Å². The lowest BCUT2D eigenvalue weighted by Crippen LogP contribution is -2.39. The molecule has 8 heteroatoms. The van der Waals surface area contributed by atoms with Crippen LogP contribution in [0.25, 0.3) is 10.3 Å². The highest BCUT2D eigenvalue weighted by Crippen LogP contribution is 2.29. The van der Waals surface area contributed by atoms with Gasteiger partial charge in [-0.3, -0.25) is 5.32 Å². The van der Waals surface area contributed by atoms with Crippen molar-refractivity contribution in [2.75, 3.05) is 37.4 Å². The van der Waals surface area contributed by atoms with Gasteiger partial charge in [0.05, 0.1) is 0 Å². The average molecular weight is 397 g/mol. The third kappa shape index (κ3) is 4.07. The molecule has 0 aliphatic carbocycles. The zero-order chi connectivity index (χ0) is 19.7. The molecule has 1 fully saturated rings. The minimum absolute atomic E-state index is 0.187. The van der Waals surface area contributed by atoms with Gasteiger partial charge >= 0.3 is 6.03 Å². The van der Waals surface area contributed by atoms with E-state index in [-0.39, 0.29) is 12.1 Å². The van der Waals surface area contributed by atoms with E-state index in [1.165, 1.54) is 16.9 Å². The number of rotatable bonds is 4. The van der Waals surface area contributed by atoms with Gasteiger partial charge in [0, 0.05) is 25.3 Å². The first-order chi connectivity index (χ1) is 13.5. The largest absolute Gasteiger partial charge is 0.334 e. The predicted octanol–water partition coefficient (Wildman–Crippen LogP) is 3.59. The summed E-state index contributed by atoms with van der Waals surface area (Å²) in [4.78, 5) is 26.5. The molecule has 0 bridgehead atoms. The van der Waals surface area contributed by atoms with Crippen molar-refractivity contribution in [3.05, 3.63) is 42.0 Å². The van der Waals surface area contributed by atoms with Crippen LogP contribution in [0.2, 0.25) is 0 Å². The van der Waals surface area contributed by atoms with Crippen LogP contribution in [-0.2, 0) is 0 Å². The number of hydrogen-bond donors (Lipinski definition) is 2. The highest BCUT2D eigenvalue weighted by atomic mass is 32.1. The molecular weight excluding hydrogens is 372 g/mol. The van der Waals surface area contributed by atoms with E-state index in [0.717, 1.165) is 41.4 Å². The van der Waals surface area contributed by atoms with Gasteiger partial charge in [0.15, 0.2) is 5.13 Å². The first kappa shape index (κ1) is 18.6. The highest BCUT2D eigenvalue weighted by molar-refractivity contribution is 7.22. The van der Waals surface area contributed by atoms with Crippen LogP contribution < -0.4 is 15.5 Å². The number of nitrogens with zero attached hydrogens (tertiary/aromatic N) is 4. The zero-order valence-electron chi connectivity index (χ0n) is 16.3. The Balaban J connectivity index is 1.47. The Bertz CT molecular complexity index is 986. The van der Waals surface area contributed by atoms with Gasteiger partial charge in [0.2, 0.25) is 0 Å². The lowest BCUT2D eigenvalue weighted by Gasteiger charge is -2.18. The van der Waals surface area contributed by atoms with Crippen molar-refractivity contribution in [2.24, 2.45) is 0 Å². The molecule has 2 amide bonds. The van der Waals surface area contributed by atoms with E-state index in [9.17, 15) is 4.79 Å². The monoisotopic (exact) mass is 396 g/mol. The van der Waals surface area contributed by atoms with Crippen molar-refractivity contribution < 1.29 is 4.79 Å². The fourth-order valence-corrected chi connectivity index (χ4v) is 4.15. The number of amides is 2. The van der Waals surface area contributed by atoms with E-state index >= 15 is 0 Å². The fraction of sp³-hybridized carbons (Fsp3) is 0.350. The van der Waals surface area contributed by atoms with Crippen molar-refractivity contribution in [1.29, 1.82) is 0 Å². The number of carbonyl (C=O) groups is 1. The summed E-state index contributed by atoms with van der Waals surface area (Å²) in [6.45, 7) is 3.96. The number of benzene rings is 1. The summed E-state index contributed by atoms with van der Waals surface area (Å²) >= 11 is 1.38. The second-order valence-electron chi connectivity index (χ2n) is 7.25. The number of anilines is 3. The van der Waals surface area contributed by atoms with Gasteiger partial charge in [-0.25, -0.2) is 14.8 Å². The molecule has 4 rings (SSSR count). The van der Waals surface area contributed by atoms with Crippen molar-refractivity contribution in [2.45, 2.75) is 19.4 Å². The van der Waals surface area contributed by atoms with Crippen LogP contribution in [0.15, 0.2) is 36.4 Å². The molecule has 0 radical (unpaired) electrons. The number of thiazole rings is 1. The number of carbonyl (C=O) groups excluding carboxylic acids is 1.